The molecule has 0 aromatic carbocycles. The number of carbonyl (C=O) groups excluding carboxylic acids is 1. The van der Waals surface area contributed by atoms with Gasteiger partial charge in [-0.05, 0) is 53.2 Å². The number of nitrogens with one attached hydrogen (secondary N) is 1. The summed E-state index contributed by atoms with van der Waals surface area (Å²) in [6.45, 7) is 8.42. The number of hydrogen-bond acceptors (Lipinski definition) is 3. The van der Waals surface area contributed by atoms with Crippen molar-refractivity contribution in [3.63, 3.8) is 0 Å². The van der Waals surface area contributed by atoms with Gasteiger partial charge in [0.1, 0.15) is 0 Å². The second-order valence-electron chi connectivity index (χ2n) is 5.99. The molecule has 3 atom stereocenters. The summed E-state index contributed by atoms with van der Waals surface area (Å²) in [7, 11) is 2.15. The predicted octanol–water partition coefficient (Wildman–Crippen LogP) is 0.927. The van der Waals surface area contributed by atoms with Crippen molar-refractivity contribution in [2.45, 2.75) is 45.2 Å². The van der Waals surface area contributed by atoms with Crippen molar-refractivity contribution in [3.05, 3.63) is 0 Å². The summed E-state index contributed by atoms with van der Waals surface area (Å²) in [6, 6.07) is 0.679. The molecule has 0 radical (unpaired) electrons. The lowest BCUT2D eigenvalue weighted by molar-refractivity contribution is -0.139. The fourth-order valence-electron chi connectivity index (χ4n) is 3.29. The molecule has 2 fully saturated rings. The first kappa shape index (κ1) is 13.8. The molecule has 2 saturated heterocycles. The molecule has 104 valence electrons. The lowest BCUT2D eigenvalue weighted by Gasteiger charge is -2.36. The maximum Gasteiger partial charge on any atom is 0.227 e. The summed E-state index contributed by atoms with van der Waals surface area (Å²) < 4.78 is 0. The summed E-state index contributed by atoms with van der Waals surface area (Å²) in [4.78, 5) is 17.2. The third kappa shape index (κ3) is 3.04. The van der Waals surface area contributed by atoms with Crippen LogP contribution in [0.4, 0.5) is 0 Å². The van der Waals surface area contributed by atoms with E-state index in [-0.39, 0.29) is 5.92 Å². The van der Waals surface area contributed by atoms with E-state index in [1.165, 1.54) is 0 Å². The quantitative estimate of drug-likeness (QED) is 0.755. The minimum Gasteiger partial charge on any atom is -0.338 e. The Morgan fingerprint density at radius 1 is 1.22 bits per heavy atom. The molecule has 2 aliphatic heterocycles. The molecule has 2 heterocycles. The first-order chi connectivity index (χ1) is 8.59. The Morgan fingerprint density at radius 2 is 2.00 bits per heavy atom. The van der Waals surface area contributed by atoms with E-state index in [2.05, 4.69) is 36.0 Å². The Labute approximate surface area is 111 Å². The molecular weight excluding hydrogens is 226 g/mol. The van der Waals surface area contributed by atoms with Gasteiger partial charge in [-0.15, -0.1) is 0 Å². The average molecular weight is 253 g/mol. The van der Waals surface area contributed by atoms with E-state index in [0.717, 1.165) is 45.4 Å². The van der Waals surface area contributed by atoms with Crippen LogP contribution < -0.4 is 5.32 Å². The highest BCUT2D eigenvalue weighted by molar-refractivity contribution is 5.80. The van der Waals surface area contributed by atoms with Crippen molar-refractivity contribution in [3.8, 4) is 0 Å². The smallest absolute Gasteiger partial charge is 0.227 e. The van der Waals surface area contributed by atoms with Crippen LogP contribution in [0, 0.1) is 5.92 Å². The molecule has 2 rings (SSSR count). The first-order valence-electron chi connectivity index (χ1n) is 7.32. The van der Waals surface area contributed by atoms with Crippen molar-refractivity contribution >= 4 is 5.91 Å². The summed E-state index contributed by atoms with van der Waals surface area (Å²) in [6.07, 6.45) is 3.27. The third-order valence-electron chi connectivity index (χ3n) is 4.41. The summed E-state index contributed by atoms with van der Waals surface area (Å²) in [5.41, 5.74) is 0. The van der Waals surface area contributed by atoms with Gasteiger partial charge in [0, 0.05) is 25.2 Å². The van der Waals surface area contributed by atoms with Crippen LogP contribution in [0.2, 0.25) is 0 Å². The van der Waals surface area contributed by atoms with E-state index in [1.807, 2.05) is 0 Å². The van der Waals surface area contributed by atoms with Crippen LogP contribution in [0.25, 0.3) is 0 Å². The second-order valence-corrected chi connectivity index (χ2v) is 5.99. The first-order valence-corrected chi connectivity index (χ1v) is 7.32. The van der Waals surface area contributed by atoms with Crippen LogP contribution >= 0.6 is 0 Å². The summed E-state index contributed by atoms with van der Waals surface area (Å²) in [5.74, 6) is 0.558. The molecule has 2 aliphatic rings. The van der Waals surface area contributed by atoms with Gasteiger partial charge in [0.25, 0.3) is 0 Å². The Bertz CT molecular complexity index is 295. The molecule has 0 aromatic rings. The van der Waals surface area contributed by atoms with Crippen molar-refractivity contribution in [1.82, 2.24) is 15.1 Å². The summed E-state index contributed by atoms with van der Waals surface area (Å²) >= 11 is 0. The number of hydrogen-bond donors (Lipinski definition) is 1. The standard InChI is InChI=1S/C14H27N3O/c1-11-10-16(3)8-5-9-17(11)14(18)13-6-4-7-15-12(13)2/h11-13,15H,4-10H2,1-3H3. The van der Waals surface area contributed by atoms with Crippen molar-refractivity contribution in [2.24, 2.45) is 5.92 Å². The monoisotopic (exact) mass is 253 g/mol. The number of rotatable bonds is 1. The molecule has 1 N–H and O–H groups in total. The van der Waals surface area contributed by atoms with E-state index >= 15 is 0 Å². The topological polar surface area (TPSA) is 35.6 Å². The van der Waals surface area contributed by atoms with Gasteiger partial charge < -0.3 is 15.1 Å². The number of piperidine rings is 1. The highest BCUT2D eigenvalue weighted by Gasteiger charge is 2.33. The van der Waals surface area contributed by atoms with E-state index < -0.39 is 0 Å². The molecule has 0 aliphatic carbocycles. The molecule has 4 heteroatoms. The zero-order valence-corrected chi connectivity index (χ0v) is 12.0. The van der Waals surface area contributed by atoms with Crippen molar-refractivity contribution in [1.29, 1.82) is 0 Å². The molecule has 4 nitrogen and oxygen atoms in total. The van der Waals surface area contributed by atoms with Gasteiger partial charge in [-0.3, -0.25) is 4.79 Å². The Hall–Kier alpha value is -0.610. The van der Waals surface area contributed by atoms with Crippen molar-refractivity contribution < 1.29 is 4.79 Å². The van der Waals surface area contributed by atoms with Crippen molar-refractivity contribution in [2.75, 3.05) is 33.2 Å². The van der Waals surface area contributed by atoms with Gasteiger partial charge in [-0.1, -0.05) is 0 Å². The van der Waals surface area contributed by atoms with E-state index in [9.17, 15) is 4.79 Å². The largest absolute Gasteiger partial charge is 0.338 e. The van der Waals surface area contributed by atoms with Crippen LogP contribution in [-0.4, -0.2) is 61.0 Å². The number of nitrogens with zero attached hydrogens (tertiary/aromatic N) is 2. The molecule has 0 saturated carbocycles. The fraction of sp³-hybridized carbons (Fsp3) is 0.929. The van der Waals surface area contributed by atoms with Gasteiger partial charge >= 0.3 is 0 Å². The SMILES string of the molecule is CC1NCCCC1C(=O)N1CCCN(C)CC1C. The van der Waals surface area contributed by atoms with Crippen LogP contribution in [0.3, 0.4) is 0 Å². The predicted molar refractivity (Wildman–Crippen MR) is 73.5 cm³/mol. The van der Waals surface area contributed by atoms with E-state index in [4.69, 9.17) is 0 Å². The number of carbonyl (C=O) groups is 1. The van der Waals surface area contributed by atoms with Gasteiger partial charge in [0.15, 0.2) is 0 Å². The lowest BCUT2D eigenvalue weighted by atomic mass is 9.90. The minimum absolute atomic E-state index is 0.185. The average Bonchev–Trinajstić information content (AvgIpc) is 2.50. The van der Waals surface area contributed by atoms with Gasteiger partial charge in [0.05, 0.1) is 5.92 Å². The fourth-order valence-corrected chi connectivity index (χ4v) is 3.29. The summed E-state index contributed by atoms with van der Waals surface area (Å²) in [5, 5.41) is 3.43. The van der Waals surface area contributed by atoms with Gasteiger partial charge in [0.2, 0.25) is 5.91 Å². The number of amides is 1. The molecule has 0 bridgehead atoms. The molecule has 1 amide bonds. The highest BCUT2D eigenvalue weighted by atomic mass is 16.2. The molecule has 0 spiro atoms. The highest BCUT2D eigenvalue weighted by Crippen LogP contribution is 2.21. The molecule has 18 heavy (non-hydrogen) atoms. The normalized spacial score (nSPS) is 35.3. The Kier molecular flexibility index (Phi) is 4.62. The van der Waals surface area contributed by atoms with Crippen LogP contribution in [0.5, 0.6) is 0 Å². The van der Waals surface area contributed by atoms with E-state index in [0.29, 0.717) is 18.0 Å². The molecule has 0 aromatic heterocycles. The van der Waals surface area contributed by atoms with Crippen LogP contribution in [0.1, 0.15) is 33.1 Å². The van der Waals surface area contributed by atoms with Crippen LogP contribution in [0.15, 0.2) is 0 Å². The lowest BCUT2D eigenvalue weighted by Crippen LogP contribution is -2.51. The Balaban J connectivity index is 2.02. The Morgan fingerprint density at radius 3 is 2.72 bits per heavy atom. The zero-order chi connectivity index (χ0) is 13.1. The zero-order valence-electron chi connectivity index (χ0n) is 12.0. The van der Waals surface area contributed by atoms with Gasteiger partial charge in [-0.2, -0.15) is 0 Å². The second kappa shape index (κ2) is 6.02. The van der Waals surface area contributed by atoms with Gasteiger partial charge in [-0.25, -0.2) is 0 Å². The molecule has 3 unspecified atom stereocenters. The maximum atomic E-state index is 12.7. The maximum absolute atomic E-state index is 12.7. The molecular formula is C14H27N3O. The third-order valence-corrected chi connectivity index (χ3v) is 4.41. The van der Waals surface area contributed by atoms with Crippen LogP contribution in [-0.2, 0) is 4.79 Å². The number of likely N-dealkylation sites (N-methyl/N-ethyl adjacent to an activating group) is 1. The van der Waals surface area contributed by atoms with E-state index in [1.54, 1.807) is 0 Å². The minimum atomic E-state index is 0.185.